The van der Waals surface area contributed by atoms with Crippen molar-refractivity contribution in [3.8, 4) is 5.82 Å². The Bertz CT molecular complexity index is 851. The highest BCUT2D eigenvalue weighted by atomic mass is 15.4. The molecule has 8 heteroatoms. The van der Waals surface area contributed by atoms with E-state index in [1.54, 1.807) is 6.20 Å². The van der Waals surface area contributed by atoms with E-state index in [1.165, 1.54) is 10.4 Å². The van der Waals surface area contributed by atoms with Crippen LogP contribution in [0, 0.1) is 0 Å². The number of nitrogens with zero attached hydrogens (tertiary/aromatic N) is 6. The first-order valence-electron chi connectivity index (χ1n) is 8.63. The summed E-state index contributed by atoms with van der Waals surface area (Å²) in [6, 6.07) is 13.9. The molecule has 1 fully saturated rings. The van der Waals surface area contributed by atoms with Crippen molar-refractivity contribution in [2.45, 2.75) is 0 Å². The van der Waals surface area contributed by atoms with Crippen LogP contribution in [0.15, 0.2) is 48.7 Å². The fraction of sp³-hybridized carbons (Fsp3) is 0.278. The summed E-state index contributed by atoms with van der Waals surface area (Å²) in [6.07, 6.45) is 1.70. The van der Waals surface area contributed by atoms with E-state index in [2.05, 4.69) is 49.4 Å². The van der Waals surface area contributed by atoms with Gasteiger partial charge in [-0.1, -0.05) is 6.07 Å². The average Bonchev–Trinajstić information content (AvgIpc) is 3.04. The second-order valence-electron chi connectivity index (χ2n) is 6.36. The molecular formula is C18H22N8. The van der Waals surface area contributed by atoms with E-state index in [4.69, 9.17) is 5.73 Å². The quantitative estimate of drug-likeness (QED) is 0.741. The number of hydrogen-bond acceptors (Lipinski definition) is 7. The third-order valence-electron chi connectivity index (χ3n) is 4.49. The number of anilines is 4. The molecule has 134 valence electrons. The number of benzene rings is 1. The van der Waals surface area contributed by atoms with Crippen LogP contribution < -0.4 is 16.0 Å². The molecular weight excluding hydrogens is 328 g/mol. The standard InChI is InChI=1S/C18H22N8/c1-24-10-12-25(13-11-24)15-7-5-14(6-8-15)21-18-22-17(19)26(23-18)16-4-2-3-9-20-16/h2-9H,10-13H2,1H3,(H3,19,21,22,23). The Kier molecular flexibility index (Phi) is 4.40. The van der Waals surface area contributed by atoms with Crippen molar-refractivity contribution in [2.75, 3.05) is 49.2 Å². The van der Waals surface area contributed by atoms with E-state index in [9.17, 15) is 0 Å². The van der Waals surface area contributed by atoms with Crippen LogP contribution >= 0.6 is 0 Å². The molecule has 0 unspecified atom stereocenters. The lowest BCUT2D eigenvalue weighted by atomic mass is 10.2. The number of rotatable bonds is 4. The lowest BCUT2D eigenvalue weighted by molar-refractivity contribution is 0.313. The van der Waals surface area contributed by atoms with E-state index < -0.39 is 0 Å². The molecule has 2 aromatic heterocycles. The van der Waals surface area contributed by atoms with Gasteiger partial charge in [0.15, 0.2) is 5.82 Å². The number of piperazine rings is 1. The zero-order valence-electron chi connectivity index (χ0n) is 14.7. The highest BCUT2D eigenvalue weighted by Gasteiger charge is 2.14. The fourth-order valence-corrected chi connectivity index (χ4v) is 2.97. The van der Waals surface area contributed by atoms with Gasteiger partial charge >= 0.3 is 0 Å². The van der Waals surface area contributed by atoms with Crippen molar-refractivity contribution < 1.29 is 0 Å². The maximum atomic E-state index is 5.96. The average molecular weight is 350 g/mol. The summed E-state index contributed by atoms with van der Waals surface area (Å²) in [6.45, 7) is 4.29. The highest BCUT2D eigenvalue weighted by Crippen LogP contribution is 2.21. The molecule has 1 saturated heterocycles. The normalized spacial score (nSPS) is 15.2. The molecule has 1 aliphatic heterocycles. The largest absolute Gasteiger partial charge is 0.369 e. The lowest BCUT2D eigenvalue weighted by Crippen LogP contribution is -2.44. The van der Waals surface area contributed by atoms with E-state index >= 15 is 0 Å². The molecule has 0 aliphatic carbocycles. The molecule has 3 aromatic rings. The smallest absolute Gasteiger partial charge is 0.248 e. The molecule has 8 nitrogen and oxygen atoms in total. The fourth-order valence-electron chi connectivity index (χ4n) is 2.97. The molecule has 4 rings (SSSR count). The summed E-state index contributed by atoms with van der Waals surface area (Å²) in [5.74, 6) is 1.37. The molecule has 0 saturated carbocycles. The second-order valence-corrected chi connectivity index (χ2v) is 6.36. The molecule has 1 aliphatic rings. The van der Waals surface area contributed by atoms with Crippen LogP contribution in [-0.4, -0.2) is 57.9 Å². The molecule has 26 heavy (non-hydrogen) atoms. The maximum absolute atomic E-state index is 5.96. The first-order valence-corrected chi connectivity index (χ1v) is 8.63. The van der Waals surface area contributed by atoms with Crippen molar-refractivity contribution in [1.82, 2.24) is 24.6 Å². The number of nitrogens with one attached hydrogen (secondary N) is 1. The van der Waals surface area contributed by atoms with Crippen LogP contribution in [0.4, 0.5) is 23.3 Å². The van der Waals surface area contributed by atoms with Gasteiger partial charge < -0.3 is 20.9 Å². The van der Waals surface area contributed by atoms with Crippen molar-refractivity contribution in [1.29, 1.82) is 0 Å². The molecule has 0 radical (unpaired) electrons. The topological polar surface area (TPSA) is 88.1 Å². The number of nitrogens with two attached hydrogens (primary N) is 1. The minimum atomic E-state index is 0.292. The maximum Gasteiger partial charge on any atom is 0.248 e. The van der Waals surface area contributed by atoms with Crippen LogP contribution in [0.2, 0.25) is 0 Å². The molecule has 0 atom stereocenters. The molecule has 3 heterocycles. The zero-order chi connectivity index (χ0) is 17.9. The highest BCUT2D eigenvalue weighted by molar-refractivity contribution is 5.60. The monoisotopic (exact) mass is 350 g/mol. The van der Waals surface area contributed by atoms with Gasteiger partial charge in [0.05, 0.1) is 0 Å². The van der Waals surface area contributed by atoms with Crippen LogP contribution in [-0.2, 0) is 0 Å². The van der Waals surface area contributed by atoms with Crippen LogP contribution in [0.25, 0.3) is 5.82 Å². The van der Waals surface area contributed by atoms with E-state index in [0.29, 0.717) is 17.7 Å². The number of pyridine rings is 1. The SMILES string of the molecule is CN1CCN(c2ccc(Nc3nc(N)n(-c4ccccn4)n3)cc2)CC1. The Hall–Kier alpha value is -3.13. The van der Waals surface area contributed by atoms with Crippen molar-refractivity contribution in [3.63, 3.8) is 0 Å². The molecule has 1 aromatic carbocycles. The molecule has 3 N–H and O–H groups in total. The number of aromatic nitrogens is 4. The van der Waals surface area contributed by atoms with Crippen molar-refractivity contribution in [3.05, 3.63) is 48.7 Å². The summed E-state index contributed by atoms with van der Waals surface area (Å²) < 4.78 is 1.51. The van der Waals surface area contributed by atoms with Crippen LogP contribution in [0.3, 0.4) is 0 Å². The third-order valence-corrected chi connectivity index (χ3v) is 4.49. The van der Waals surface area contributed by atoms with Crippen LogP contribution in [0.5, 0.6) is 0 Å². The first kappa shape index (κ1) is 16.3. The van der Waals surface area contributed by atoms with Gasteiger partial charge in [0.2, 0.25) is 11.9 Å². The first-order chi connectivity index (χ1) is 12.7. The van der Waals surface area contributed by atoms with Gasteiger partial charge in [0, 0.05) is 43.8 Å². The van der Waals surface area contributed by atoms with Crippen LogP contribution in [0.1, 0.15) is 0 Å². The minimum Gasteiger partial charge on any atom is -0.369 e. The van der Waals surface area contributed by atoms with Gasteiger partial charge in [-0.25, -0.2) is 4.98 Å². The Morgan fingerprint density at radius 3 is 2.46 bits per heavy atom. The van der Waals surface area contributed by atoms with Gasteiger partial charge in [-0.05, 0) is 43.4 Å². The summed E-state index contributed by atoms with van der Waals surface area (Å²) in [5.41, 5.74) is 8.11. The van der Waals surface area contributed by atoms with Crippen molar-refractivity contribution >= 4 is 23.3 Å². The van der Waals surface area contributed by atoms with Gasteiger partial charge in [-0.15, -0.1) is 5.10 Å². The number of nitrogen functional groups attached to an aromatic ring is 1. The Labute approximate surface area is 152 Å². The van der Waals surface area contributed by atoms with E-state index in [-0.39, 0.29) is 0 Å². The number of likely N-dealkylation sites (N-methyl/N-ethyl adjacent to an activating group) is 1. The van der Waals surface area contributed by atoms with Crippen molar-refractivity contribution in [2.24, 2.45) is 0 Å². The molecule has 0 bridgehead atoms. The lowest BCUT2D eigenvalue weighted by Gasteiger charge is -2.34. The zero-order valence-corrected chi connectivity index (χ0v) is 14.7. The van der Waals surface area contributed by atoms with Gasteiger partial charge in [-0.3, -0.25) is 0 Å². The predicted molar refractivity (Wildman–Crippen MR) is 103 cm³/mol. The summed E-state index contributed by atoms with van der Waals surface area (Å²) in [5, 5.41) is 7.58. The Morgan fingerprint density at radius 2 is 1.77 bits per heavy atom. The predicted octanol–water partition coefficient (Wildman–Crippen LogP) is 1.74. The summed E-state index contributed by atoms with van der Waals surface area (Å²) >= 11 is 0. The Balaban J connectivity index is 1.46. The number of hydrogen-bond donors (Lipinski definition) is 2. The van der Waals surface area contributed by atoms with Gasteiger partial charge in [-0.2, -0.15) is 9.67 Å². The second kappa shape index (κ2) is 7.01. The Morgan fingerprint density at radius 1 is 1.00 bits per heavy atom. The molecule has 0 amide bonds. The van der Waals surface area contributed by atoms with Gasteiger partial charge in [0.25, 0.3) is 0 Å². The minimum absolute atomic E-state index is 0.292. The van der Waals surface area contributed by atoms with E-state index in [1.807, 2.05) is 30.3 Å². The summed E-state index contributed by atoms with van der Waals surface area (Å²) in [7, 11) is 2.16. The van der Waals surface area contributed by atoms with E-state index in [0.717, 1.165) is 31.9 Å². The third kappa shape index (κ3) is 3.45. The summed E-state index contributed by atoms with van der Waals surface area (Å²) in [4.78, 5) is 13.3. The van der Waals surface area contributed by atoms with Gasteiger partial charge in [0.1, 0.15) is 0 Å². The molecule has 0 spiro atoms.